The van der Waals surface area contributed by atoms with E-state index in [1.165, 1.54) is 0 Å². The minimum Gasteiger partial charge on any atom is -0.497 e. The SMILES string of the molecule is COc1ccc(-c2csc(Nc3ccc4ccccc4n3)n2)cc1. The second-order valence-electron chi connectivity index (χ2n) is 5.28. The number of ether oxygens (including phenoxy) is 1. The van der Waals surface area contributed by atoms with Crippen LogP contribution < -0.4 is 10.1 Å². The number of benzene rings is 2. The smallest absolute Gasteiger partial charge is 0.188 e. The highest BCUT2D eigenvalue weighted by atomic mass is 32.1. The van der Waals surface area contributed by atoms with Gasteiger partial charge in [0.15, 0.2) is 5.13 Å². The Morgan fingerprint density at radius 2 is 1.75 bits per heavy atom. The Morgan fingerprint density at radius 1 is 0.917 bits per heavy atom. The maximum Gasteiger partial charge on any atom is 0.188 e. The van der Waals surface area contributed by atoms with Crippen molar-refractivity contribution in [2.75, 3.05) is 12.4 Å². The number of hydrogen-bond acceptors (Lipinski definition) is 5. The first kappa shape index (κ1) is 14.7. The van der Waals surface area contributed by atoms with Crippen molar-refractivity contribution >= 4 is 33.2 Å². The van der Waals surface area contributed by atoms with E-state index in [-0.39, 0.29) is 0 Å². The molecule has 0 aliphatic heterocycles. The third kappa shape index (κ3) is 2.94. The zero-order chi connectivity index (χ0) is 16.4. The summed E-state index contributed by atoms with van der Waals surface area (Å²) in [7, 11) is 1.66. The van der Waals surface area contributed by atoms with E-state index >= 15 is 0 Å². The van der Waals surface area contributed by atoms with Crippen molar-refractivity contribution in [1.82, 2.24) is 9.97 Å². The van der Waals surface area contributed by atoms with Crippen LogP contribution in [0.25, 0.3) is 22.2 Å². The number of anilines is 2. The second-order valence-corrected chi connectivity index (χ2v) is 6.14. The van der Waals surface area contributed by atoms with Crippen LogP contribution >= 0.6 is 11.3 Å². The molecule has 0 saturated carbocycles. The van der Waals surface area contributed by atoms with Crippen molar-refractivity contribution in [2.45, 2.75) is 0 Å². The molecule has 0 unspecified atom stereocenters. The first-order chi connectivity index (χ1) is 11.8. The molecule has 0 bridgehead atoms. The van der Waals surface area contributed by atoms with Gasteiger partial charge < -0.3 is 10.1 Å². The molecule has 0 radical (unpaired) electrons. The topological polar surface area (TPSA) is 47.0 Å². The van der Waals surface area contributed by atoms with Gasteiger partial charge in [0.1, 0.15) is 11.6 Å². The Bertz CT molecular complexity index is 979. The molecule has 0 spiro atoms. The van der Waals surface area contributed by atoms with E-state index in [1.54, 1.807) is 18.4 Å². The summed E-state index contributed by atoms with van der Waals surface area (Å²) in [6.07, 6.45) is 0. The van der Waals surface area contributed by atoms with E-state index in [4.69, 9.17) is 4.74 Å². The van der Waals surface area contributed by atoms with E-state index in [9.17, 15) is 0 Å². The van der Waals surface area contributed by atoms with Crippen molar-refractivity contribution in [2.24, 2.45) is 0 Å². The lowest BCUT2D eigenvalue weighted by atomic mass is 10.2. The molecular formula is C19H15N3OS. The van der Waals surface area contributed by atoms with Crippen molar-refractivity contribution in [3.63, 3.8) is 0 Å². The van der Waals surface area contributed by atoms with Crippen molar-refractivity contribution in [3.8, 4) is 17.0 Å². The lowest BCUT2D eigenvalue weighted by Crippen LogP contribution is -1.93. The summed E-state index contributed by atoms with van der Waals surface area (Å²) in [5.74, 6) is 1.64. The van der Waals surface area contributed by atoms with Crippen LogP contribution in [0.4, 0.5) is 10.9 Å². The largest absolute Gasteiger partial charge is 0.497 e. The van der Waals surface area contributed by atoms with Crippen molar-refractivity contribution in [3.05, 3.63) is 66.0 Å². The van der Waals surface area contributed by atoms with Crippen molar-refractivity contribution < 1.29 is 4.74 Å². The molecule has 0 aliphatic carbocycles. The first-order valence-corrected chi connectivity index (χ1v) is 8.42. The molecule has 24 heavy (non-hydrogen) atoms. The standard InChI is InChI=1S/C19H15N3OS/c1-23-15-9-6-14(7-10-15)17-12-24-19(21-17)22-18-11-8-13-4-2-3-5-16(13)20-18/h2-12H,1H3,(H,20,21,22). The summed E-state index contributed by atoms with van der Waals surface area (Å²) in [6, 6.07) is 20.0. The summed E-state index contributed by atoms with van der Waals surface area (Å²) in [5, 5.41) is 7.26. The predicted octanol–water partition coefficient (Wildman–Crippen LogP) is 5.11. The molecule has 1 N–H and O–H groups in total. The van der Waals surface area contributed by atoms with E-state index in [2.05, 4.69) is 27.4 Å². The summed E-state index contributed by atoms with van der Waals surface area (Å²) >= 11 is 1.56. The fourth-order valence-corrected chi connectivity index (χ4v) is 3.20. The van der Waals surface area contributed by atoms with Crippen LogP contribution in [0.2, 0.25) is 0 Å². The second kappa shape index (κ2) is 6.29. The quantitative estimate of drug-likeness (QED) is 0.564. The fraction of sp³-hybridized carbons (Fsp3) is 0.0526. The van der Waals surface area contributed by atoms with Gasteiger partial charge in [-0.25, -0.2) is 9.97 Å². The van der Waals surface area contributed by atoms with Gasteiger partial charge in [-0.05, 0) is 42.5 Å². The molecule has 118 valence electrons. The molecule has 0 aliphatic rings. The van der Waals surface area contributed by atoms with Crippen LogP contribution in [0.1, 0.15) is 0 Å². The predicted molar refractivity (Wildman–Crippen MR) is 99.1 cm³/mol. The Hall–Kier alpha value is -2.92. The maximum atomic E-state index is 5.19. The molecule has 4 rings (SSSR count). The number of rotatable bonds is 4. The first-order valence-electron chi connectivity index (χ1n) is 7.54. The molecule has 2 aromatic heterocycles. The normalized spacial score (nSPS) is 10.7. The Labute approximate surface area is 143 Å². The molecule has 2 heterocycles. The summed E-state index contributed by atoms with van der Waals surface area (Å²) in [4.78, 5) is 9.25. The molecule has 0 saturated heterocycles. The van der Waals surface area contributed by atoms with Gasteiger partial charge in [-0.15, -0.1) is 11.3 Å². The fourth-order valence-electron chi connectivity index (χ4n) is 2.47. The highest BCUT2D eigenvalue weighted by Gasteiger charge is 2.06. The van der Waals surface area contributed by atoms with Crippen LogP contribution in [-0.2, 0) is 0 Å². The van der Waals surface area contributed by atoms with E-state index in [0.717, 1.165) is 38.9 Å². The Kier molecular flexibility index (Phi) is 3.84. The van der Waals surface area contributed by atoms with Crippen LogP contribution in [0.3, 0.4) is 0 Å². The van der Waals surface area contributed by atoms with Gasteiger partial charge >= 0.3 is 0 Å². The molecule has 5 heteroatoms. The molecule has 0 atom stereocenters. The van der Waals surface area contributed by atoms with Gasteiger partial charge in [-0.3, -0.25) is 0 Å². The maximum absolute atomic E-state index is 5.19. The Balaban J connectivity index is 1.57. The number of nitrogens with zero attached hydrogens (tertiary/aromatic N) is 2. The number of pyridine rings is 1. The molecule has 2 aromatic carbocycles. The average molecular weight is 333 g/mol. The lowest BCUT2D eigenvalue weighted by Gasteiger charge is -2.03. The molecular weight excluding hydrogens is 318 g/mol. The minimum atomic E-state index is 0.796. The van der Waals surface area contributed by atoms with Gasteiger partial charge in [-0.1, -0.05) is 18.2 Å². The zero-order valence-electron chi connectivity index (χ0n) is 13.1. The van der Waals surface area contributed by atoms with E-state index in [0.29, 0.717) is 0 Å². The summed E-state index contributed by atoms with van der Waals surface area (Å²) in [5.41, 5.74) is 2.96. The highest BCUT2D eigenvalue weighted by Crippen LogP contribution is 2.28. The zero-order valence-corrected chi connectivity index (χ0v) is 13.9. The van der Waals surface area contributed by atoms with Gasteiger partial charge in [-0.2, -0.15) is 0 Å². The average Bonchev–Trinajstić information content (AvgIpc) is 3.10. The van der Waals surface area contributed by atoms with Crippen molar-refractivity contribution in [1.29, 1.82) is 0 Å². The van der Waals surface area contributed by atoms with Crippen LogP contribution in [0.5, 0.6) is 5.75 Å². The number of aromatic nitrogens is 2. The minimum absolute atomic E-state index is 0.796. The van der Waals surface area contributed by atoms with Gasteiger partial charge in [0.2, 0.25) is 0 Å². The van der Waals surface area contributed by atoms with E-state index < -0.39 is 0 Å². The van der Waals surface area contributed by atoms with E-state index in [1.807, 2.05) is 53.9 Å². The van der Waals surface area contributed by atoms with Gasteiger partial charge in [0, 0.05) is 16.3 Å². The van der Waals surface area contributed by atoms with Crippen LogP contribution in [-0.4, -0.2) is 17.1 Å². The summed E-state index contributed by atoms with van der Waals surface area (Å²) < 4.78 is 5.19. The monoisotopic (exact) mass is 333 g/mol. The van der Waals surface area contributed by atoms with Gasteiger partial charge in [0.25, 0.3) is 0 Å². The van der Waals surface area contributed by atoms with Crippen LogP contribution in [0, 0.1) is 0 Å². The number of para-hydroxylation sites is 1. The molecule has 0 fully saturated rings. The number of methoxy groups -OCH3 is 1. The molecule has 4 aromatic rings. The Morgan fingerprint density at radius 3 is 2.58 bits per heavy atom. The third-order valence-electron chi connectivity index (χ3n) is 3.72. The number of nitrogens with one attached hydrogen (secondary N) is 1. The summed E-state index contributed by atoms with van der Waals surface area (Å²) in [6.45, 7) is 0. The molecule has 4 nitrogen and oxygen atoms in total. The third-order valence-corrected chi connectivity index (χ3v) is 4.48. The highest BCUT2D eigenvalue weighted by molar-refractivity contribution is 7.14. The number of hydrogen-bond donors (Lipinski definition) is 1. The van der Waals surface area contributed by atoms with Crippen LogP contribution in [0.15, 0.2) is 66.0 Å². The van der Waals surface area contributed by atoms with Gasteiger partial charge in [0.05, 0.1) is 18.3 Å². The molecule has 0 amide bonds. The number of thiazole rings is 1. The lowest BCUT2D eigenvalue weighted by molar-refractivity contribution is 0.415. The number of fused-ring (bicyclic) bond motifs is 1.